The largest absolute Gasteiger partial charge is 0.382 e. The Hall–Kier alpha value is -1.28. The van der Waals surface area contributed by atoms with Crippen LogP contribution >= 0.6 is 15.9 Å². The van der Waals surface area contributed by atoms with Crippen LogP contribution in [0.25, 0.3) is 0 Å². The second kappa shape index (κ2) is 7.65. The molecule has 0 aliphatic carbocycles. The zero-order valence-electron chi connectivity index (χ0n) is 13.1. The average molecular weight is 346 g/mol. The number of rotatable bonds is 6. The number of halogens is 1. The highest BCUT2D eigenvalue weighted by Crippen LogP contribution is 2.23. The maximum atomic E-state index is 3.65. The van der Waals surface area contributed by atoms with Crippen LogP contribution in [-0.2, 0) is 12.8 Å². The Morgan fingerprint density at radius 3 is 2.67 bits per heavy atom. The quantitative estimate of drug-likeness (QED) is 0.702. The molecule has 0 spiro atoms. The van der Waals surface area contributed by atoms with E-state index in [0.717, 1.165) is 23.7 Å². The summed E-state index contributed by atoms with van der Waals surface area (Å²) in [5.74, 6) is 0. The van der Waals surface area contributed by atoms with Crippen LogP contribution in [0.5, 0.6) is 0 Å². The fourth-order valence-corrected chi connectivity index (χ4v) is 2.99. The summed E-state index contributed by atoms with van der Waals surface area (Å²) in [7, 11) is 0. The van der Waals surface area contributed by atoms with Gasteiger partial charge in [-0.3, -0.25) is 0 Å². The molecule has 0 radical (unpaired) electrons. The standard InChI is InChI=1S/C19H24BrN/c1-4-17-13-18(20)10-11-19(17)21-15(3)8-9-16-7-5-6-14(2)12-16/h5-7,10-13,15,21H,4,8-9H2,1-3H3. The van der Waals surface area contributed by atoms with Crippen LogP contribution in [0.2, 0.25) is 0 Å². The first-order valence-corrected chi connectivity index (χ1v) is 8.48. The number of nitrogens with one attached hydrogen (secondary N) is 1. The highest BCUT2D eigenvalue weighted by atomic mass is 79.9. The summed E-state index contributed by atoms with van der Waals surface area (Å²) in [4.78, 5) is 0. The van der Waals surface area contributed by atoms with Crippen molar-refractivity contribution in [1.29, 1.82) is 0 Å². The van der Waals surface area contributed by atoms with Gasteiger partial charge in [0.15, 0.2) is 0 Å². The van der Waals surface area contributed by atoms with Crippen LogP contribution in [0.3, 0.4) is 0 Å². The summed E-state index contributed by atoms with van der Waals surface area (Å²) < 4.78 is 1.15. The van der Waals surface area contributed by atoms with E-state index in [9.17, 15) is 0 Å². The first-order valence-electron chi connectivity index (χ1n) is 7.69. The van der Waals surface area contributed by atoms with E-state index in [2.05, 4.69) is 84.5 Å². The van der Waals surface area contributed by atoms with Crippen LogP contribution in [0.4, 0.5) is 5.69 Å². The van der Waals surface area contributed by atoms with Crippen molar-refractivity contribution in [3.05, 3.63) is 63.6 Å². The van der Waals surface area contributed by atoms with Crippen molar-refractivity contribution < 1.29 is 0 Å². The SMILES string of the molecule is CCc1cc(Br)ccc1NC(C)CCc1cccc(C)c1. The fraction of sp³-hybridized carbons (Fsp3) is 0.368. The molecule has 21 heavy (non-hydrogen) atoms. The van der Waals surface area contributed by atoms with Crippen LogP contribution in [0, 0.1) is 6.92 Å². The van der Waals surface area contributed by atoms with Crippen molar-refractivity contribution in [2.45, 2.75) is 46.1 Å². The molecule has 0 amide bonds. The zero-order chi connectivity index (χ0) is 15.2. The average Bonchev–Trinajstić information content (AvgIpc) is 2.47. The molecule has 1 nitrogen and oxygen atoms in total. The van der Waals surface area contributed by atoms with E-state index in [1.54, 1.807) is 0 Å². The van der Waals surface area contributed by atoms with Gasteiger partial charge in [-0.05, 0) is 62.4 Å². The highest BCUT2D eigenvalue weighted by molar-refractivity contribution is 9.10. The topological polar surface area (TPSA) is 12.0 Å². The Bertz CT molecular complexity index is 592. The van der Waals surface area contributed by atoms with Crippen molar-refractivity contribution in [1.82, 2.24) is 0 Å². The fourth-order valence-electron chi connectivity index (χ4n) is 2.58. The molecule has 112 valence electrons. The summed E-state index contributed by atoms with van der Waals surface area (Å²) in [5.41, 5.74) is 5.40. The minimum atomic E-state index is 0.469. The lowest BCUT2D eigenvalue weighted by atomic mass is 10.0. The van der Waals surface area contributed by atoms with Gasteiger partial charge in [-0.15, -0.1) is 0 Å². The first-order chi connectivity index (χ1) is 10.1. The molecule has 1 N–H and O–H groups in total. The molecular formula is C19H24BrN. The molecule has 0 aliphatic rings. The Labute approximate surface area is 136 Å². The normalized spacial score (nSPS) is 12.2. The van der Waals surface area contributed by atoms with Gasteiger partial charge in [0.05, 0.1) is 0 Å². The van der Waals surface area contributed by atoms with E-state index in [1.165, 1.54) is 22.4 Å². The molecule has 1 atom stereocenters. The molecule has 2 aromatic rings. The molecule has 2 aromatic carbocycles. The van der Waals surface area contributed by atoms with E-state index < -0.39 is 0 Å². The van der Waals surface area contributed by atoms with E-state index in [-0.39, 0.29) is 0 Å². The molecule has 0 saturated heterocycles. The summed E-state index contributed by atoms with van der Waals surface area (Å²) in [5, 5.41) is 3.65. The minimum absolute atomic E-state index is 0.469. The van der Waals surface area contributed by atoms with Crippen LogP contribution in [0.1, 0.15) is 37.0 Å². The lowest BCUT2D eigenvalue weighted by Gasteiger charge is -2.18. The third-order valence-electron chi connectivity index (χ3n) is 3.80. The summed E-state index contributed by atoms with van der Waals surface area (Å²) in [6.07, 6.45) is 3.31. The number of hydrogen-bond acceptors (Lipinski definition) is 1. The van der Waals surface area contributed by atoms with Gasteiger partial charge in [0.25, 0.3) is 0 Å². The van der Waals surface area contributed by atoms with Crippen molar-refractivity contribution in [2.24, 2.45) is 0 Å². The molecule has 2 rings (SSSR count). The molecule has 0 bridgehead atoms. The van der Waals surface area contributed by atoms with Crippen molar-refractivity contribution in [2.75, 3.05) is 5.32 Å². The van der Waals surface area contributed by atoms with Gasteiger partial charge in [0.1, 0.15) is 0 Å². The number of hydrogen-bond donors (Lipinski definition) is 1. The zero-order valence-corrected chi connectivity index (χ0v) is 14.7. The molecule has 0 aliphatic heterocycles. The second-order valence-electron chi connectivity index (χ2n) is 5.73. The maximum absolute atomic E-state index is 3.65. The summed E-state index contributed by atoms with van der Waals surface area (Å²) in [6.45, 7) is 6.61. The third kappa shape index (κ3) is 4.89. The van der Waals surface area contributed by atoms with Crippen LogP contribution < -0.4 is 5.32 Å². The van der Waals surface area contributed by atoms with Gasteiger partial charge >= 0.3 is 0 Å². The van der Waals surface area contributed by atoms with Crippen molar-refractivity contribution in [3.63, 3.8) is 0 Å². The Balaban J connectivity index is 1.94. The van der Waals surface area contributed by atoms with Gasteiger partial charge in [0, 0.05) is 16.2 Å². The monoisotopic (exact) mass is 345 g/mol. The van der Waals surface area contributed by atoms with E-state index >= 15 is 0 Å². The minimum Gasteiger partial charge on any atom is -0.382 e. The van der Waals surface area contributed by atoms with E-state index in [4.69, 9.17) is 0 Å². The van der Waals surface area contributed by atoms with Crippen molar-refractivity contribution in [3.8, 4) is 0 Å². The van der Waals surface area contributed by atoms with Gasteiger partial charge in [-0.2, -0.15) is 0 Å². The molecule has 2 heteroatoms. The number of benzene rings is 2. The molecule has 0 heterocycles. The Kier molecular flexibility index (Phi) is 5.86. The molecule has 0 fully saturated rings. The molecule has 0 saturated carbocycles. The van der Waals surface area contributed by atoms with Crippen LogP contribution in [-0.4, -0.2) is 6.04 Å². The number of aryl methyl sites for hydroxylation is 3. The van der Waals surface area contributed by atoms with Crippen LogP contribution in [0.15, 0.2) is 46.9 Å². The Morgan fingerprint density at radius 1 is 1.14 bits per heavy atom. The first kappa shape index (κ1) is 16.1. The molecular weight excluding hydrogens is 322 g/mol. The van der Waals surface area contributed by atoms with Gasteiger partial charge in [-0.1, -0.05) is 52.7 Å². The second-order valence-corrected chi connectivity index (χ2v) is 6.64. The third-order valence-corrected chi connectivity index (χ3v) is 4.29. The van der Waals surface area contributed by atoms with E-state index in [0.29, 0.717) is 6.04 Å². The Morgan fingerprint density at radius 2 is 1.95 bits per heavy atom. The predicted molar refractivity (Wildman–Crippen MR) is 96.1 cm³/mol. The number of anilines is 1. The molecule has 0 aromatic heterocycles. The predicted octanol–water partition coefficient (Wildman–Crippen LogP) is 5.75. The van der Waals surface area contributed by atoms with E-state index in [1.807, 2.05) is 0 Å². The smallest absolute Gasteiger partial charge is 0.0375 e. The molecule has 1 unspecified atom stereocenters. The van der Waals surface area contributed by atoms with Gasteiger partial charge in [0.2, 0.25) is 0 Å². The lowest BCUT2D eigenvalue weighted by molar-refractivity contribution is 0.704. The summed E-state index contributed by atoms with van der Waals surface area (Å²) in [6, 6.07) is 15.8. The van der Waals surface area contributed by atoms with Gasteiger partial charge < -0.3 is 5.32 Å². The van der Waals surface area contributed by atoms with Gasteiger partial charge in [-0.25, -0.2) is 0 Å². The lowest BCUT2D eigenvalue weighted by Crippen LogP contribution is -2.17. The maximum Gasteiger partial charge on any atom is 0.0375 e. The summed E-state index contributed by atoms with van der Waals surface area (Å²) >= 11 is 3.54. The van der Waals surface area contributed by atoms with Crippen molar-refractivity contribution >= 4 is 21.6 Å². The highest BCUT2D eigenvalue weighted by Gasteiger charge is 2.06.